The van der Waals surface area contributed by atoms with E-state index in [1.165, 1.54) is 30.2 Å². The fourth-order valence-electron chi connectivity index (χ4n) is 2.42. The lowest BCUT2D eigenvalue weighted by molar-refractivity contribution is 0.306. The van der Waals surface area contributed by atoms with Crippen LogP contribution >= 0.6 is 11.3 Å². The molecular weight excluding hydrogens is 354 g/mol. The Bertz CT molecular complexity index is 849. The number of unbranched alkanes of at least 4 members (excludes halogenated alkanes) is 2. The summed E-state index contributed by atoms with van der Waals surface area (Å²) in [6, 6.07) is 11.5. The second kappa shape index (κ2) is 8.76. The Kier molecular flexibility index (Phi) is 6.17. The monoisotopic (exact) mass is 374 g/mol. The molecule has 1 aromatic heterocycles. The van der Waals surface area contributed by atoms with Crippen LogP contribution in [0.4, 0.5) is 19.6 Å². The van der Waals surface area contributed by atoms with Crippen LogP contribution in [0.2, 0.25) is 0 Å². The average Bonchev–Trinajstić information content (AvgIpc) is 3.11. The van der Waals surface area contributed by atoms with Gasteiger partial charge in [0.2, 0.25) is 0 Å². The second-order valence-corrected chi connectivity index (χ2v) is 6.73. The number of benzene rings is 2. The highest BCUT2D eigenvalue weighted by Gasteiger charge is 2.08. The highest BCUT2D eigenvalue weighted by Crippen LogP contribution is 2.28. The Hall–Kier alpha value is -2.47. The molecule has 0 atom stereocenters. The van der Waals surface area contributed by atoms with Gasteiger partial charge in [0.1, 0.15) is 5.75 Å². The number of rotatable bonds is 8. The van der Waals surface area contributed by atoms with Gasteiger partial charge in [-0.1, -0.05) is 19.8 Å². The van der Waals surface area contributed by atoms with Crippen LogP contribution in [0, 0.1) is 11.6 Å². The maximum atomic E-state index is 13.4. The summed E-state index contributed by atoms with van der Waals surface area (Å²) in [5.41, 5.74) is 2.04. The highest BCUT2D eigenvalue weighted by atomic mass is 32.1. The molecule has 1 N–H and O–H groups in total. The van der Waals surface area contributed by atoms with Crippen LogP contribution in [-0.4, -0.2) is 11.6 Å². The van der Waals surface area contributed by atoms with Gasteiger partial charge in [-0.05, 0) is 48.9 Å². The molecule has 0 bridgehead atoms. The molecule has 3 nitrogen and oxygen atoms in total. The van der Waals surface area contributed by atoms with Crippen molar-refractivity contribution >= 4 is 22.2 Å². The predicted octanol–water partition coefficient (Wildman–Crippen LogP) is 6.40. The Balaban J connectivity index is 1.61. The molecule has 0 aliphatic heterocycles. The van der Waals surface area contributed by atoms with E-state index in [1.807, 2.05) is 24.3 Å². The van der Waals surface area contributed by atoms with Crippen LogP contribution in [0.5, 0.6) is 5.75 Å². The molecule has 0 spiro atoms. The average molecular weight is 374 g/mol. The van der Waals surface area contributed by atoms with Gasteiger partial charge in [0.15, 0.2) is 16.8 Å². The normalized spacial score (nSPS) is 10.7. The third-order valence-electron chi connectivity index (χ3n) is 3.84. The number of hydrogen-bond donors (Lipinski definition) is 1. The number of aromatic nitrogens is 1. The van der Waals surface area contributed by atoms with Gasteiger partial charge in [-0.25, -0.2) is 13.8 Å². The van der Waals surface area contributed by atoms with Crippen molar-refractivity contribution in [1.82, 2.24) is 4.98 Å². The summed E-state index contributed by atoms with van der Waals surface area (Å²) in [4.78, 5) is 4.43. The summed E-state index contributed by atoms with van der Waals surface area (Å²) in [6.45, 7) is 2.89. The van der Waals surface area contributed by atoms with Crippen molar-refractivity contribution in [2.75, 3.05) is 11.9 Å². The Morgan fingerprint density at radius 2 is 1.85 bits per heavy atom. The Morgan fingerprint density at radius 3 is 2.58 bits per heavy atom. The van der Waals surface area contributed by atoms with Gasteiger partial charge in [0, 0.05) is 16.6 Å². The molecule has 0 unspecified atom stereocenters. The molecule has 0 amide bonds. The molecule has 3 aromatic rings. The highest BCUT2D eigenvalue weighted by molar-refractivity contribution is 7.14. The van der Waals surface area contributed by atoms with Crippen molar-refractivity contribution < 1.29 is 13.5 Å². The van der Waals surface area contributed by atoms with Crippen LogP contribution in [-0.2, 0) is 0 Å². The first-order chi connectivity index (χ1) is 12.7. The summed E-state index contributed by atoms with van der Waals surface area (Å²) in [5.74, 6) is -0.896. The van der Waals surface area contributed by atoms with E-state index < -0.39 is 11.6 Å². The van der Waals surface area contributed by atoms with Crippen LogP contribution in [0.3, 0.4) is 0 Å². The van der Waals surface area contributed by atoms with E-state index in [4.69, 9.17) is 4.74 Å². The maximum absolute atomic E-state index is 13.4. The van der Waals surface area contributed by atoms with E-state index in [2.05, 4.69) is 17.2 Å². The van der Waals surface area contributed by atoms with Gasteiger partial charge in [-0.15, -0.1) is 11.3 Å². The molecule has 0 saturated heterocycles. The van der Waals surface area contributed by atoms with E-state index in [0.717, 1.165) is 36.6 Å². The van der Waals surface area contributed by atoms with Gasteiger partial charge in [0.05, 0.1) is 12.3 Å². The third kappa shape index (κ3) is 4.79. The molecule has 2 aromatic carbocycles. The van der Waals surface area contributed by atoms with Crippen molar-refractivity contribution in [3.05, 3.63) is 59.5 Å². The SMILES string of the molecule is CCCCCOc1ccc(Nc2nc(-c3ccc(F)c(F)c3)cs2)cc1. The molecule has 0 aliphatic rings. The first-order valence-corrected chi connectivity index (χ1v) is 9.44. The van der Waals surface area contributed by atoms with E-state index in [-0.39, 0.29) is 0 Å². The smallest absolute Gasteiger partial charge is 0.187 e. The number of ether oxygens (including phenoxy) is 1. The molecule has 1 heterocycles. The number of hydrogen-bond acceptors (Lipinski definition) is 4. The fraction of sp³-hybridized carbons (Fsp3) is 0.250. The molecule has 0 fully saturated rings. The lowest BCUT2D eigenvalue weighted by Gasteiger charge is -2.07. The summed E-state index contributed by atoms with van der Waals surface area (Å²) in [5, 5.41) is 5.70. The second-order valence-electron chi connectivity index (χ2n) is 5.87. The van der Waals surface area contributed by atoms with E-state index >= 15 is 0 Å². The van der Waals surface area contributed by atoms with E-state index in [0.29, 0.717) is 16.4 Å². The summed E-state index contributed by atoms with van der Waals surface area (Å²) in [6.07, 6.45) is 3.40. The number of nitrogens with one attached hydrogen (secondary N) is 1. The zero-order valence-electron chi connectivity index (χ0n) is 14.5. The minimum atomic E-state index is -0.875. The molecule has 26 heavy (non-hydrogen) atoms. The largest absolute Gasteiger partial charge is 0.494 e. The summed E-state index contributed by atoms with van der Waals surface area (Å²) >= 11 is 1.40. The molecule has 6 heteroatoms. The number of nitrogens with zero attached hydrogens (tertiary/aromatic N) is 1. The van der Waals surface area contributed by atoms with Crippen LogP contribution in [0.1, 0.15) is 26.2 Å². The third-order valence-corrected chi connectivity index (χ3v) is 4.60. The molecule has 136 valence electrons. The van der Waals surface area contributed by atoms with Gasteiger partial charge >= 0.3 is 0 Å². The number of halogens is 2. The molecular formula is C20H20F2N2OS. The minimum absolute atomic E-state index is 0.545. The van der Waals surface area contributed by atoms with Crippen molar-refractivity contribution in [1.29, 1.82) is 0 Å². The topological polar surface area (TPSA) is 34.1 Å². The standard InChI is InChI=1S/C20H20F2N2OS/c1-2-3-4-11-25-16-8-6-15(7-9-16)23-20-24-19(13-26-20)14-5-10-17(21)18(22)12-14/h5-10,12-13H,2-4,11H2,1H3,(H,23,24). The van der Waals surface area contributed by atoms with Crippen molar-refractivity contribution in [2.45, 2.75) is 26.2 Å². The first-order valence-electron chi connectivity index (χ1n) is 8.56. The first kappa shape index (κ1) is 18.3. The quantitative estimate of drug-likeness (QED) is 0.463. The molecule has 3 rings (SSSR count). The van der Waals surface area contributed by atoms with E-state index in [9.17, 15) is 8.78 Å². The zero-order valence-corrected chi connectivity index (χ0v) is 15.3. The zero-order chi connectivity index (χ0) is 18.4. The lowest BCUT2D eigenvalue weighted by Crippen LogP contribution is -1.97. The van der Waals surface area contributed by atoms with Crippen LogP contribution in [0.15, 0.2) is 47.8 Å². The fourth-order valence-corrected chi connectivity index (χ4v) is 3.16. The van der Waals surface area contributed by atoms with E-state index in [1.54, 1.807) is 5.38 Å². The number of thiazole rings is 1. The summed E-state index contributed by atoms with van der Waals surface area (Å²) in [7, 11) is 0. The summed E-state index contributed by atoms with van der Waals surface area (Å²) < 4.78 is 32.1. The molecule has 0 saturated carbocycles. The van der Waals surface area contributed by atoms with Gasteiger partial charge in [-0.2, -0.15) is 0 Å². The van der Waals surface area contributed by atoms with Gasteiger partial charge in [-0.3, -0.25) is 0 Å². The maximum Gasteiger partial charge on any atom is 0.187 e. The number of anilines is 2. The van der Waals surface area contributed by atoms with Crippen molar-refractivity contribution in [2.24, 2.45) is 0 Å². The van der Waals surface area contributed by atoms with Crippen LogP contribution < -0.4 is 10.1 Å². The molecule has 0 radical (unpaired) electrons. The van der Waals surface area contributed by atoms with Gasteiger partial charge < -0.3 is 10.1 Å². The predicted molar refractivity (Wildman–Crippen MR) is 102 cm³/mol. The van der Waals surface area contributed by atoms with Crippen molar-refractivity contribution in [3.63, 3.8) is 0 Å². The van der Waals surface area contributed by atoms with Gasteiger partial charge in [0.25, 0.3) is 0 Å². The molecule has 0 aliphatic carbocycles. The lowest BCUT2D eigenvalue weighted by atomic mass is 10.2. The minimum Gasteiger partial charge on any atom is -0.494 e. The Morgan fingerprint density at radius 1 is 1.04 bits per heavy atom. The van der Waals surface area contributed by atoms with Crippen LogP contribution in [0.25, 0.3) is 11.3 Å². The Labute approximate surface area is 155 Å². The van der Waals surface area contributed by atoms with Crippen molar-refractivity contribution in [3.8, 4) is 17.0 Å².